The van der Waals surface area contributed by atoms with Crippen LogP contribution in [-0.2, 0) is 40.6 Å². The van der Waals surface area contributed by atoms with Gasteiger partial charge in [0.25, 0.3) is 0 Å². The molecule has 4 aromatic rings. The molecule has 332 valence electrons. The van der Waals surface area contributed by atoms with Crippen LogP contribution in [0.15, 0.2) is 72.6 Å². The lowest BCUT2D eigenvalue weighted by Crippen LogP contribution is -2.66. The summed E-state index contributed by atoms with van der Waals surface area (Å²) in [6, 6.07) is 13.3. The van der Waals surface area contributed by atoms with Crippen molar-refractivity contribution < 1.29 is 28.2 Å². The summed E-state index contributed by atoms with van der Waals surface area (Å²) in [5.74, 6) is 0.0852. The Morgan fingerprint density at radius 1 is 0.774 bits per heavy atom. The third-order valence-corrected chi connectivity index (χ3v) is 17.6. The van der Waals surface area contributed by atoms with Gasteiger partial charge in [0, 0.05) is 16.5 Å². The number of allylic oxidation sites excluding steroid dienone is 2. The van der Waals surface area contributed by atoms with Crippen LogP contribution in [0, 0.1) is 61.9 Å². The molecule has 0 radical (unpaired) electrons. The number of fused-ring (bicyclic) bond motifs is 7. The first kappa shape index (κ1) is 43.0. The van der Waals surface area contributed by atoms with Crippen molar-refractivity contribution in [2.45, 2.75) is 138 Å². The van der Waals surface area contributed by atoms with E-state index in [1.165, 1.54) is 17.7 Å². The highest BCUT2D eigenvalue weighted by molar-refractivity contribution is 5.78. The number of aliphatic hydroxyl groups excluding tert-OH is 1. The molecule has 5 aliphatic carbocycles. The van der Waals surface area contributed by atoms with Crippen molar-refractivity contribution in [2.24, 2.45) is 50.2 Å². The zero-order valence-electron chi connectivity index (χ0n) is 37.4. The second kappa shape index (κ2) is 15.8. The van der Waals surface area contributed by atoms with Gasteiger partial charge in [0.1, 0.15) is 29.6 Å². The Bertz CT molecular complexity index is 2340. The first-order chi connectivity index (χ1) is 29.5. The molecule has 2 heterocycles. The summed E-state index contributed by atoms with van der Waals surface area (Å²) in [4.78, 5) is 14.6. The molecule has 10 nitrogen and oxygen atoms in total. The van der Waals surface area contributed by atoms with Crippen LogP contribution in [-0.4, -0.2) is 53.8 Å². The summed E-state index contributed by atoms with van der Waals surface area (Å²) in [5, 5.41) is 28.8. The van der Waals surface area contributed by atoms with Gasteiger partial charge in [-0.15, -0.1) is 10.2 Å². The molecule has 5 aliphatic rings. The Balaban J connectivity index is 0.915. The number of carbonyl (C=O) groups is 1. The minimum Gasteiger partial charge on any atom is -0.459 e. The molecule has 12 heteroatoms. The predicted molar refractivity (Wildman–Crippen MR) is 230 cm³/mol. The number of ether oxygens (including phenoxy) is 2. The molecule has 4 fully saturated rings. The van der Waals surface area contributed by atoms with Crippen molar-refractivity contribution in [2.75, 3.05) is 6.61 Å². The number of aromatic nitrogens is 6. The van der Waals surface area contributed by atoms with Crippen LogP contribution in [0.1, 0.15) is 128 Å². The van der Waals surface area contributed by atoms with Crippen molar-refractivity contribution in [1.82, 2.24) is 30.0 Å². The first-order valence-corrected chi connectivity index (χ1v) is 22.9. The maximum atomic E-state index is 14.6. The number of hydrogen-bond acceptors (Lipinski definition) is 8. The summed E-state index contributed by atoms with van der Waals surface area (Å²) < 4.78 is 44.5. The second-order valence-corrected chi connectivity index (χ2v) is 21.5. The van der Waals surface area contributed by atoms with E-state index in [0.29, 0.717) is 41.6 Å². The van der Waals surface area contributed by atoms with Crippen molar-refractivity contribution in [3.8, 4) is 0 Å². The third kappa shape index (κ3) is 7.15. The average Bonchev–Trinajstić information content (AvgIpc) is 3.89. The van der Waals surface area contributed by atoms with E-state index in [1.807, 2.05) is 12.3 Å². The Morgan fingerprint density at radius 2 is 1.39 bits per heavy atom. The van der Waals surface area contributed by atoms with Gasteiger partial charge in [-0.25, -0.2) is 18.1 Å². The van der Waals surface area contributed by atoms with Crippen LogP contribution >= 0.6 is 0 Å². The Labute approximate surface area is 364 Å². The average molecular weight is 851 g/mol. The van der Waals surface area contributed by atoms with E-state index in [9.17, 15) is 18.7 Å². The highest BCUT2D eigenvalue weighted by Crippen LogP contribution is 2.76. The molecular formula is C50H64F2N6O4. The maximum Gasteiger partial charge on any atom is 0.313 e. The Kier molecular flexibility index (Phi) is 10.9. The SMILES string of the molecule is CC1(C)CC[C@]2(C(=O)OCc3cn(Cc4ccccc4F)nn3)CC[C@]3(C)C(=CC[C@@H]4[C@@]5(C)CC[C@H](O)[C@@](C)(COCc6cn(Cc7ccccc7F)nn6)[C@@H]5CC[C@]43C)[C@@H]2C1. The van der Waals surface area contributed by atoms with Crippen molar-refractivity contribution in [3.63, 3.8) is 0 Å². The van der Waals surface area contributed by atoms with Gasteiger partial charge < -0.3 is 14.6 Å². The van der Waals surface area contributed by atoms with Gasteiger partial charge in [-0.1, -0.05) is 100 Å². The van der Waals surface area contributed by atoms with Gasteiger partial charge in [0.15, 0.2) is 0 Å². The zero-order valence-corrected chi connectivity index (χ0v) is 37.4. The van der Waals surface area contributed by atoms with E-state index in [2.05, 4.69) is 68.2 Å². The largest absolute Gasteiger partial charge is 0.459 e. The quantitative estimate of drug-likeness (QED) is 0.117. The molecule has 0 amide bonds. The molecule has 1 N–H and O–H groups in total. The van der Waals surface area contributed by atoms with Gasteiger partial charge >= 0.3 is 5.97 Å². The standard InChI is InChI=1S/C50H64F2N6O4/c1-45(2)21-23-50(44(60)62-31-36-29-58(56-54-36)27-34-12-8-10-14-40(34)52)24-22-48(5)37(38(50)25-45)15-16-42-46(3)19-18-43(59)47(4,41(46)17-20-49(42,48)6)32-61-30-35-28-57(55-53-35)26-33-11-7-9-13-39(33)51/h7-15,28-29,38,41-43,59H,16-27,30-32H2,1-6H3/t38-,41+,42+,43-,46-,47-,48+,49+,50-/m0/s1. The second-order valence-electron chi connectivity index (χ2n) is 21.5. The Morgan fingerprint density at radius 3 is 2.03 bits per heavy atom. The summed E-state index contributed by atoms with van der Waals surface area (Å²) in [6.07, 6.45) is 14.8. The molecular weight excluding hydrogens is 787 g/mol. The minimum absolute atomic E-state index is 0.0114. The number of carbonyl (C=O) groups excluding carboxylic acids is 1. The van der Waals surface area contributed by atoms with Gasteiger partial charge in [-0.2, -0.15) is 0 Å². The Hall–Kier alpha value is -4.29. The summed E-state index contributed by atoms with van der Waals surface area (Å²) in [5.41, 5.74) is 2.75. The first-order valence-electron chi connectivity index (χ1n) is 22.9. The molecule has 0 aliphatic heterocycles. The fraction of sp³-hybridized carbons (Fsp3) is 0.620. The van der Waals surface area contributed by atoms with Crippen molar-refractivity contribution >= 4 is 5.97 Å². The van der Waals surface area contributed by atoms with E-state index < -0.39 is 16.9 Å². The molecule has 0 bridgehead atoms. The minimum atomic E-state index is -0.595. The molecule has 0 saturated heterocycles. The zero-order chi connectivity index (χ0) is 43.7. The fourth-order valence-corrected chi connectivity index (χ4v) is 13.8. The topological polar surface area (TPSA) is 117 Å². The number of nitrogens with zero attached hydrogens (tertiary/aromatic N) is 6. The normalized spacial score (nSPS) is 34.9. The smallest absolute Gasteiger partial charge is 0.313 e. The van der Waals surface area contributed by atoms with E-state index >= 15 is 0 Å². The molecule has 0 unspecified atom stereocenters. The van der Waals surface area contributed by atoms with Crippen LogP contribution in [0.25, 0.3) is 0 Å². The molecule has 9 rings (SSSR count). The number of halogens is 2. The number of esters is 1. The number of hydrogen-bond donors (Lipinski definition) is 1. The van der Waals surface area contributed by atoms with Gasteiger partial charge in [0.2, 0.25) is 0 Å². The highest BCUT2D eigenvalue weighted by Gasteiger charge is 2.70. The maximum absolute atomic E-state index is 14.6. The molecule has 0 spiro atoms. The number of benzene rings is 2. The third-order valence-electron chi connectivity index (χ3n) is 17.6. The molecule has 2 aromatic heterocycles. The summed E-state index contributed by atoms with van der Waals surface area (Å²) in [7, 11) is 0. The number of aliphatic hydroxyl groups is 1. The van der Waals surface area contributed by atoms with Crippen LogP contribution in [0.4, 0.5) is 8.78 Å². The van der Waals surface area contributed by atoms with E-state index in [4.69, 9.17) is 9.47 Å². The highest BCUT2D eigenvalue weighted by atomic mass is 19.1. The number of rotatable bonds is 11. The lowest BCUT2D eigenvalue weighted by Gasteiger charge is -2.71. The molecule has 9 atom stereocenters. The summed E-state index contributed by atoms with van der Waals surface area (Å²) in [6.45, 7) is 15.8. The lowest BCUT2D eigenvalue weighted by atomic mass is 9.33. The van der Waals surface area contributed by atoms with Crippen LogP contribution in [0.2, 0.25) is 0 Å². The van der Waals surface area contributed by atoms with E-state index in [1.54, 1.807) is 45.9 Å². The van der Waals surface area contributed by atoms with Crippen LogP contribution in [0.3, 0.4) is 0 Å². The summed E-state index contributed by atoms with van der Waals surface area (Å²) >= 11 is 0. The van der Waals surface area contributed by atoms with Crippen molar-refractivity contribution in [3.05, 3.63) is 107 Å². The van der Waals surface area contributed by atoms with E-state index in [0.717, 1.165) is 64.2 Å². The predicted octanol–water partition coefficient (Wildman–Crippen LogP) is 9.65. The molecule has 4 saturated carbocycles. The van der Waals surface area contributed by atoms with Gasteiger partial charge in [-0.05, 0) is 116 Å². The van der Waals surface area contributed by atoms with Crippen LogP contribution in [0.5, 0.6) is 0 Å². The van der Waals surface area contributed by atoms with E-state index in [-0.39, 0.29) is 70.9 Å². The van der Waals surface area contributed by atoms with Crippen LogP contribution < -0.4 is 0 Å². The van der Waals surface area contributed by atoms with Crippen molar-refractivity contribution in [1.29, 1.82) is 0 Å². The lowest BCUT2D eigenvalue weighted by molar-refractivity contribution is -0.221. The fourth-order valence-electron chi connectivity index (χ4n) is 13.8. The monoisotopic (exact) mass is 850 g/mol. The molecule has 2 aromatic carbocycles. The van der Waals surface area contributed by atoms with Gasteiger partial charge in [-0.3, -0.25) is 4.79 Å². The molecule has 62 heavy (non-hydrogen) atoms. The van der Waals surface area contributed by atoms with Gasteiger partial charge in [0.05, 0.1) is 50.2 Å².